The molecule has 13 heteroatoms. The Morgan fingerprint density at radius 1 is 1.21 bits per heavy atom. The maximum Gasteiger partial charge on any atom is 0.433 e. The molecule has 0 radical (unpaired) electrons. The molecule has 0 saturated heterocycles. The van der Waals surface area contributed by atoms with E-state index in [4.69, 9.17) is 10.5 Å². The molecule has 8 nitrogen and oxygen atoms in total. The number of anilines is 1. The Morgan fingerprint density at radius 2 is 1.95 bits per heavy atom. The highest BCUT2D eigenvalue weighted by Gasteiger charge is 2.33. The third-order valence-corrected chi connectivity index (χ3v) is 5.89. The number of nitrogen functional groups attached to an aromatic ring is 1. The van der Waals surface area contributed by atoms with Gasteiger partial charge >= 0.3 is 6.18 Å². The molecule has 5 rings (SSSR count). The van der Waals surface area contributed by atoms with Gasteiger partial charge in [0.15, 0.2) is 0 Å². The first kappa shape index (κ1) is 27.2. The molecule has 202 valence electrons. The number of fused-ring (bicyclic) bond motifs is 4. The number of rotatable bonds is 3. The van der Waals surface area contributed by atoms with Crippen molar-refractivity contribution in [3.8, 4) is 0 Å². The number of hydrogen-bond acceptors (Lipinski definition) is 6. The summed E-state index contributed by atoms with van der Waals surface area (Å²) in [4.78, 5) is 19.9. The first-order valence-corrected chi connectivity index (χ1v) is 11.7. The minimum absolute atomic E-state index is 0.0279. The van der Waals surface area contributed by atoms with Gasteiger partial charge in [-0.15, -0.1) is 0 Å². The van der Waals surface area contributed by atoms with E-state index in [0.717, 1.165) is 17.7 Å². The maximum atomic E-state index is 14.3. The Balaban J connectivity index is 0.000000204. The first-order chi connectivity index (χ1) is 17.9. The smallest absolute Gasteiger partial charge is 0.382 e. The van der Waals surface area contributed by atoms with Crippen LogP contribution in [0, 0.1) is 11.7 Å². The lowest BCUT2D eigenvalue weighted by Crippen LogP contribution is -2.27. The lowest BCUT2D eigenvalue weighted by molar-refractivity contribution is -0.141. The van der Waals surface area contributed by atoms with Crippen LogP contribution in [0.25, 0.3) is 21.8 Å². The number of aromatic nitrogens is 4. The highest BCUT2D eigenvalue weighted by Crippen LogP contribution is 2.30. The minimum atomic E-state index is -4.37. The fraction of sp³-hybridized carbons (Fsp3) is 0.360. The molecule has 4 aromatic rings. The average molecular weight is 537 g/mol. The Bertz CT molecular complexity index is 1500. The normalized spacial score (nSPS) is 13.4. The van der Waals surface area contributed by atoms with Crippen LogP contribution in [-0.2, 0) is 31.0 Å². The predicted octanol–water partition coefficient (Wildman–Crippen LogP) is 5.00. The number of halogens is 5. The van der Waals surface area contributed by atoms with Crippen LogP contribution in [0.2, 0.25) is 0 Å². The van der Waals surface area contributed by atoms with Gasteiger partial charge in [0.2, 0.25) is 0 Å². The number of alkyl halides is 3. The minimum Gasteiger partial charge on any atom is -0.382 e. The van der Waals surface area contributed by atoms with Crippen LogP contribution >= 0.6 is 0 Å². The Morgan fingerprint density at radius 3 is 2.63 bits per heavy atom. The lowest BCUT2D eigenvalue weighted by Gasteiger charge is -2.16. The quantitative estimate of drug-likeness (QED) is 0.292. The van der Waals surface area contributed by atoms with Gasteiger partial charge in [-0.1, -0.05) is 24.4 Å². The van der Waals surface area contributed by atoms with Crippen LogP contribution < -0.4 is 5.73 Å². The topological polar surface area (TPSA) is 99.2 Å². The lowest BCUT2D eigenvalue weighted by atomic mass is 10.1. The summed E-state index contributed by atoms with van der Waals surface area (Å²) in [5, 5.41) is 5.26. The Labute approximate surface area is 214 Å². The van der Waals surface area contributed by atoms with Crippen molar-refractivity contribution in [2.75, 3.05) is 18.9 Å². The molecule has 3 aromatic heterocycles. The van der Waals surface area contributed by atoms with Crippen molar-refractivity contribution in [3.63, 3.8) is 0 Å². The number of carbonyl (C=O) groups excluding carboxylic acids is 1. The van der Waals surface area contributed by atoms with Crippen molar-refractivity contribution < 1.29 is 31.6 Å². The van der Waals surface area contributed by atoms with Gasteiger partial charge < -0.3 is 10.5 Å². The van der Waals surface area contributed by atoms with Crippen LogP contribution in [0.4, 0.5) is 27.9 Å². The van der Waals surface area contributed by atoms with Crippen molar-refractivity contribution >= 4 is 33.5 Å². The van der Waals surface area contributed by atoms with Crippen LogP contribution in [0.15, 0.2) is 30.5 Å². The zero-order valence-corrected chi connectivity index (χ0v) is 20.8. The number of aryl methyl sites for hydroxylation is 1. The standard InChI is InChI=1S/C16H17F2N5O.C9H8F3NO/c1-8(2)7-23(18)16(24)10-4-9-11-6-20-22(3)14(11)15(19)21-13(9)5-12(10)17;10-9(11,12)8-2-1-6-3-4-14-5-7(6)13-8/h4-6,8H,7H2,1-3H3,(H2,19,21);1-2H,3-5H2. The molecule has 4 heterocycles. The zero-order valence-electron chi connectivity index (χ0n) is 20.8. The van der Waals surface area contributed by atoms with Gasteiger partial charge in [0.1, 0.15) is 22.8 Å². The summed E-state index contributed by atoms with van der Waals surface area (Å²) in [6, 6.07) is 4.89. The van der Waals surface area contributed by atoms with Gasteiger partial charge in [0, 0.05) is 23.9 Å². The number of amides is 1. The van der Waals surface area contributed by atoms with E-state index in [1.165, 1.54) is 12.1 Å². The number of pyridine rings is 2. The maximum absolute atomic E-state index is 14.3. The Kier molecular flexibility index (Phi) is 7.49. The van der Waals surface area contributed by atoms with E-state index in [1.807, 2.05) is 0 Å². The van der Waals surface area contributed by atoms with E-state index in [0.29, 0.717) is 35.0 Å². The van der Waals surface area contributed by atoms with E-state index in [1.54, 1.807) is 31.8 Å². The van der Waals surface area contributed by atoms with E-state index in [2.05, 4.69) is 15.1 Å². The number of ether oxygens (including phenoxy) is 1. The monoisotopic (exact) mass is 536 g/mol. The van der Waals surface area contributed by atoms with Crippen LogP contribution in [0.3, 0.4) is 0 Å². The van der Waals surface area contributed by atoms with E-state index in [-0.39, 0.29) is 41.1 Å². The third-order valence-electron chi connectivity index (χ3n) is 5.89. The van der Waals surface area contributed by atoms with Gasteiger partial charge in [-0.25, -0.2) is 14.4 Å². The molecular formula is C25H25F5N6O2. The summed E-state index contributed by atoms with van der Waals surface area (Å²) < 4.78 is 71.6. The van der Waals surface area contributed by atoms with Crippen LogP contribution in [-0.4, -0.2) is 43.9 Å². The second-order valence-corrected chi connectivity index (χ2v) is 9.22. The summed E-state index contributed by atoms with van der Waals surface area (Å²) in [7, 11) is 1.70. The zero-order chi connectivity index (χ0) is 27.8. The second-order valence-electron chi connectivity index (χ2n) is 9.22. The van der Waals surface area contributed by atoms with E-state index >= 15 is 0 Å². The molecule has 0 unspecified atom stereocenters. The third kappa shape index (κ3) is 5.52. The first-order valence-electron chi connectivity index (χ1n) is 11.7. The SMILES string of the molecule is CC(C)CN(F)C(=O)c1cc2c(cc1F)nc(N)c1c2cnn1C.FC(F)(F)c1ccc2c(n1)COCC2. The molecule has 1 aliphatic rings. The summed E-state index contributed by atoms with van der Waals surface area (Å²) in [5.41, 5.74) is 6.82. The summed E-state index contributed by atoms with van der Waals surface area (Å²) in [5.74, 6) is -1.72. The number of benzene rings is 1. The highest BCUT2D eigenvalue weighted by molar-refractivity contribution is 6.10. The molecule has 0 atom stereocenters. The second kappa shape index (κ2) is 10.5. The number of carbonyl (C=O) groups is 1. The van der Waals surface area contributed by atoms with Crippen molar-refractivity contribution in [1.29, 1.82) is 0 Å². The summed E-state index contributed by atoms with van der Waals surface area (Å²) in [6.07, 6.45) is -2.17. The van der Waals surface area contributed by atoms with Gasteiger partial charge in [0.25, 0.3) is 5.91 Å². The van der Waals surface area contributed by atoms with Crippen molar-refractivity contribution in [1.82, 2.24) is 24.9 Å². The van der Waals surface area contributed by atoms with Crippen LogP contribution in [0.1, 0.15) is 41.2 Å². The number of hydrogen-bond donors (Lipinski definition) is 1. The number of nitrogens with two attached hydrogens (primary N) is 1. The molecule has 0 spiro atoms. The largest absolute Gasteiger partial charge is 0.433 e. The van der Waals surface area contributed by atoms with Gasteiger partial charge in [-0.05, 0) is 30.0 Å². The molecule has 1 aromatic carbocycles. The van der Waals surface area contributed by atoms with E-state index in [9.17, 15) is 26.8 Å². The van der Waals surface area contributed by atoms with Gasteiger partial charge in [-0.2, -0.15) is 23.4 Å². The summed E-state index contributed by atoms with van der Waals surface area (Å²) in [6.45, 7) is 4.16. The molecule has 0 saturated carbocycles. The fourth-order valence-corrected chi connectivity index (χ4v) is 4.08. The van der Waals surface area contributed by atoms with Crippen molar-refractivity contribution in [2.24, 2.45) is 13.0 Å². The molecule has 1 amide bonds. The molecular weight excluding hydrogens is 511 g/mol. The van der Waals surface area contributed by atoms with Gasteiger partial charge in [-0.3, -0.25) is 9.48 Å². The van der Waals surface area contributed by atoms with Crippen LogP contribution in [0.5, 0.6) is 0 Å². The highest BCUT2D eigenvalue weighted by atomic mass is 19.4. The predicted molar refractivity (Wildman–Crippen MR) is 130 cm³/mol. The molecule has 38 heavy (non-hydrogen) atoms. The average Bonchev–Trinajstić information content (AvgIpc) is 3.24. The van der Waals surface area contributed by atoms with E-state index < -0.39 is 23.6 Å². The molecule has 0 bridgehead atoms. The van der Waals surface area contributed by atoms with Gasteiger partial charge in [0.05, 0.1) is 42.7 Å². The molecule has 1 aliphatic heterocycles. The molecule has 0 aliphatic carbocycles. The Hall–Kier alpha value is -3.87. The fourth-order valence-electron chi connectivity index (χ4n) is 4.08. The molecule has 0 fully saturated rings. The number of nitrogens with zero attached hydrogens (tertiary/aromatic N) is 5. The van der Waals surface area contributed by atoms with Crippen molar-refractivity contribution in [3.05, 3.63) is 58.8 Å². The molecule has 2 N–H and O–H groups in total. The van der Waals surface area contributed by atoms with Crippen molar-refractivity contribution in [2.45, 2.75) is 33.1 Å². The summed E-state index contributed by atoms with van der Waals surface area (Å²) >= 11 is 0.